The Labute approximate surface area is 143 Å². The van der Waals surface area contributed by atoms with Gasteiger partial charge in [0.15, 0.2) is 11.5 Å². The third kappa shape index (κ3) is 5.37. The number of alkyl halides is 3. The van der Waals surface area contributed by atoms with Crippen molar-refractivity contribution in [1.29, 1.82) is 0 Å². The second kappa shape index (κ2) is 8.36. The molecule has 0 atom stereocenters. The zero-order valence-corrected chi connectivity index (χ0v) is 13.8. The number of anilines is 1. The van der Waals surface area contributed by atoms with Crippen LogP contribution in [0.25, 0.3) is 0 Å². The van der Waals surface area contributed by atoms with E-state index in [2.05, 4.69) is 15.5 Å². The maximum absolute atomic E-state index is 12.5. The van der Waals surface area contributed by atoms with Gasteiger partial charge >= 0.3 is 6.18 Å². The molecule has 0 amide bonds. The van der Waals surface area contributed by atoms with Gasteiger partial charge in [0.1, 0.15) is 5.82 Å². The van der Waals surface area contributed by atoms with Crippen LogP contribution < -0.4 is 14.9 Å². The molecular weight excluding hydrogens is 335 g/mol. The van der Waals surface area contributed by atoms with Gasteiger partial charge in [-0.25, -0.2) is 4.98 Å². The predicted molar refractivity (Wildman–Crippen MR) is 89.2 cm³/mol. The predicted octanol–water partition coefficient (Wildman–Crippen LogP) is 4.34. The highest BCUT2D eigenvalue weighted by Crippen LogP contribution is 2.29. The van der Waals surface area contributed by atoms with Gasteiger partial charge in [-0.15, -0.1) is 0 Å². The molecule has 0 fully saturated rings. The molecule has 1 aromatic heterocycles. The number of benzene rings is 1. The Bertz CT molecular complexity index is 716. The number of halogens is 3. The van der Waals surface area contributed by atoms with Crippen molar-refractivity contribution in [2.24, 2.45) is 5.10 Å². The summed E-state index contributed by atoms with van der Waals surface area (Å²) in [5, 5.41) is 3.96. The van der Waals surface area contributed by atoms with Gasteiger partial charge in [0.2, 0.25) is 0 Å². The fourth-order valence-electron chi connectivity index (χ4n) is 1.90. The largest absolute Gasteiger partial charge is 0.493 e. The van der Waals surface area contributed by atoms with Crippen LogP contribution in [0.4, 0.5) is 19.0 Å². The SMILES string of the molecule is CCCOc1ccc(/C=N/Nc2ccc(C(F)(F)F)cn2)cc1OC. The van der Waals surface area contributed by atoms with Crippen molar-refractivity contribution in [1.82, 2.24) is 4.98 Å². The Morgan fingerprint density at radius 2 is 2.00 bits per heavy atom. The van der Waals surface area contributed by atoms with E-state index in [9.17, 15) is 13.2 Å². The molecule has 25 heavy (non-hydrogen) atoms. The molecule has 5 nitrogen and oxygen atoms in total. The van der Waals surface area contributed by atoms with Crippen LogP contribution in [0.3, 0.4) is 0 Å². The minimum atomic E-state index is -4.41. The first-order valence-corrected chi connectivity index (χ1v) is 7.57. The molecule has 1 heterocycles. The topological polar surface area (TPSA) is 55.7 Å². The number of hydrazone groups is 1. The van der Waals surface area contributed by atoms with Crippen LogP contribution in [0.2, 0.25) is 0 Å². The van der Waals surface area contributed by atoms with Crippen molar-refractivity contribution in [3.05, 3.63) is 47.7 Å². The average molecular weight is 353 g/mol. The van der Waals surface area contributed by atoms with Gasteiger partial charge < -0.3 is 9.47 Å². The minimum Gasteiger partial charge on any atom is -0.493 e. The van der Waals surface area contributed by atoms with Crippen LogP contribution in [-0.4, -0.2) is 24.9 Å². The summed E-state index contributed by atoms with van der Waals surface area (Å²) in [6.45, 7) is 2.60. The molecular formula is C17H18F3N3O2. The Morgan fingerprint density at radius 1 is 1.20 bits per heavy atom. The lowest BCUT2D eigenvalue weighted by Gasteiger charge is -2.10. The van der Waals surface area contributed by atoms with Crippen molar-refractivity contribution in [2.75, 3.05) is 19.1 Å². The second-order valence-corrected chi connectivity index (χ2v) is 5.06. The van der Waals surface area contributed by atoms with Crippen LogP contribution in [0.5, 0.6) is 11.5 Å². The van der Waals surface area contributed by atoms with Gasteiger partial charge in [0.05, 0.1) is 25.5 Å². The van der Waals surface area contributed by atoms with E-state index in [4.69, 9.17) is 9.47 Å². The number of hydrogen-bond acceptors (Lipinski definition) is 5. The summed E-state index contributed by atoms with van der Waals surface area (Å²) in [6, 6.07) is 7.46. The quantitative estimate of drug-likeness (QED) is 0.594. The van der Waals surface area contributed by atoms with Gasteiger partial charge in [0, 0.05) is 6.20 Å². The van der Waals surface area contributed by atoms with E-state index in [1.165, 1.54) is 12.3 Å². The van der Waals surface area contributed by atoms with Gasteiger partial charge in [-0.2, -0.15) is 18.3 Å². The number of rotatable bonds is 7. The molecule has 0 saturated heterocycles. The van der Waals surface area contributed by atoms with Gasteiger partial charge in [-0.3, -0.25) is 5.43 Å². The molecule has 1 aromatic carbocycles. The average Bonchev–Trinajstić information content (AvgIpc) is 2.60. The molecule has 0 aliphatic rings. The smallest absolute Gasteiger partial charge is 0.417 e. The molecule has 1 N–H and O–H groups in total. The van der Waals surface area contributed by atoms with Crippen molar-refractivity contribution < 1.29 is 22.6 Å². The van der Waals surface area contributed by atoms with E-state index >= 15 is 0 Å². The standard InChI is InChI=1S/C17H18F3N3O2/c1-3-8-25-14-6-4-12(9-15(14)24-2)10-22-23-16-7-5-13(11-21-16)17(18,19)20/h4-7,9-11H,3,8H2,1-2H3,(H,21,23)/b22-10+. The summed E-state index contributed by atoms with van der Waals surface area (Å²) in [7, 11) is 1.54. The van der Waals surface area contributed by atoms with E-state index in [1.54, 1.807) is 25.3 Å². The highest BCUT2D eigenvalue weighted by Gasteiger charge is 2.30. The lowest BCUT2D eigenvalue weighted by molar-refractivity contribution is -0.137. The molecule has 0 unspecified atom stereocenters. The molecule has 2 rings (SSSR count). The summed E-state index contributed by atoms with van der Waals surface area (Å²) in [4.78, 5) is 3.67. The van der Waals surface area contributed by atoms with Crippen LogP contribution in [0, 0.1) is 0 Å². The normalized spacial score (nSPS) is 11.6. The number of nitrogens with zero attached hydrogens (tertiary/aromatic N) is 2. The minimum absolute atomic E-state index is 0.208. The maximum atomic E-state index is 12.5. The lowest BCUT2D eigenvalue weighted by Crippen LogP contribution is -2.05. The van der Waals surface area contributed by atoms with Crippen molar-refractivity contribution in [2.45, 2.75) is 19.5 Å². The lowest BCUT2D eigenvalue weighted by atomic mass is 10.2. The number of aromatic nitrogens is 1. The first kappa shape index (κ1) is 18.6. The number of hydrogen-bond donors (Lipinski definition) is 1. The zero-order chi connectivity index (χ0) is 18.3. The van der Waals surface area contributed by atoms with Gasteiger partial charge in [-0.1, -0.05) is 6.92 Å². The summed E-state index contributed by atoms with van der Waals surface area (Å²) >= 11 is 0. The first-order chi connectivity index (χ1) is 11.9. The Kier molecular flexibility index (Phi) is 6.21. The van der Waals surface area contributed by atoms with Crippen LogP contribution >= 0.6 is 0 Å². The van der Waals surface area contributed by atoms with E-state index in [0.29, 0.717) is 18.1 Å². The van der Waals surface area contributed by atoms with Crippen molar-refractivity contribution in [3.8, 4) is 11.5 Å². The van der Waals surface area contributed by atoms with Crippen LogP contribution in [0.1, 0.15) is 24.5 Å². The van der Waals surface area contributed by atoms with E-state index in [-0.39, 0.29) is 5.82 Å². The number of methoxy groups -OCH3 is 1. The third-order valence-electron chi connectivity index (χ3n) is 3.13. The third-order valence-corrected chi connectivity index (χ3v) is 3.13. The fraction of sp³-hybridized carbons (Fsp3) is 0.294. The Morgan fingerprint density at radius 3 is 2.60 bits per heavy atom. The van der Waals surface area contributed by atoms with E-state index in [0.717, 1.165) is 24.2 Å². The van der Waals surface area contributed by atoms with Crippen LogP contribution in [-0.2, 0) is 6.18 Å². The molecule has 0 aliphatic carbocycles. The molecule has 0 saturated carbocycles. The molecule has 0 radical (unpaired) electrons. The molecule has 134 valence electrons. The summed E-state index contributed by atoms with van der Waals surface area (Å²) in [6.07, 6.45) is -1.27. The molecule has 2 aromatic rings. The fourth-order valence-corrected chi connectivity index (χ4v) is 1.90. The monoisotopic (exact) mass is 353 g/mol. The number of pyridine rings is 1. The summed E-state index contributed by atoms with van der Waals surface area (Å²) < 4.78 is 48.2. The Balaban J connectivity index is 2.02. The van der Waals surface area contributed by atoms with Gasteiger partial charge in [0.25, 0.3) is 0 Å². The summed E-state index contributed by atoms with van der Waals surface area (Å²) in [5.74, 6) is 1.42. The van der Waals surface area contributed by atoms with Crippen molar-refractivity contribution >= 4 is 12.0 Å². The Hall–Kier alpha value is -2.77. The van der Waals surface area contributed by atoms with Gasteiger partial charge in [-0.05, 0) is 42.3 Å². The molecule has 0 spiro atoms. The zero-order valence-electron chi connectivity index (χ0n) is 13.8. The first-order valence-electron chi connectivity index (χ1n) is 7.57. The maximum Gasteiger partial charge on any atom is 0.417 e. The second-order valence-electron chi connectivity index (χ2n) is 5.06. The van der Waals surface area contributed by atoms with E-state index in [1.807, 2.05) is 6.92 Å². The van der Waals surface area contributed by atoms with E-state index < -0.39 is 11.7 Å². The highest BCUT2D eigenvalue weighted by molar-refractivity contribution is 5.81. The van der Waals surface area contributed by atoms with Crippen LogP contribution in [0.15, 0.2) is 41.6 Å². The highest BCUT2D eigenvalue weighted by atomic mass is 19.4. The molecule has 0 bridgehead atoms. The number of ether oxygens (including phenoxy) is 2. The molecule has 8 heteroatoms. The van der Waals surface area contributed by atoms with Crippen molar-refractivity contribution in [3.63, 3.8) is 0 Å². The summed E-state index contributed by atoms with van der Waals surface area (Å²) in [5.41, 5.74) is 2.50. The number of nitrogens with one attached hydrogen (secondary N) is 1. The molecule has 0 aliphatic heterocycles.